The van der Waals surface area contributed by atoms with E-state index in [4.69, 9.17) is 4.98 Å². The first-order chi connectivity index (χ1) is 16.5. The molecule has 4 heteroatoms. The summed E-state index contributed by atoms with van der Waals surface area (Å²) in [6.45, 7) is 4.41. The fourth-order valence-corrected chi connectivity index (χ4v) is 5.83. The minimum Gasteiger partial charge on any atom is -0.336 e. The van der Waals surface area contributed by atoms with Crippen molar-refractivity contribution in [3.05, 3.63) is 59.3 Å². The molecule has 5 rings (SSSR count). The number of aromatic nitrogens is 2. The van der Waals surface area contributed by atoms with Gasteiger partial charge in [0.25, 0.3) is 0 Å². The molecule has 0 bridgehead atoms. The number of fused-ring (bicyclic) bond motifs is 1. The zero-order valence-corrected chi connectivity index (χ0v) is 20.4. The monoisotopic (exact) mass is 462 g/mol. The molecule has 3 aromatic rings. The fourth-order valence-electron chi connectivity index (χ4n) is 5.83. The summed E-state index contributed by atoms with van der Waals surface area (Å²) >= 11 is 0. The van der Waals surface area contributed by atoms with Crippen molar-refractivity contribution in [3.8, 4) is 11.4 Å². The number of allylic oxidation sites excluding steroid dienone is 1. The fraction of sp³-hybridized carbons (Fsp3) is 0.500. The summed E-state index contributed by atoms with van der Waals surface area (Å²) in [6.07, 6.45) is 13.5. The molecule has 2 nitrogen and oxygen atoms in total. The number of aryl methyl sites for hydroxylation is 1. The summed E-state index contributed by atoms with van der Waals surface area (Å²) in [5.74, 6) is 1.74. The molecule has 34 heavy (non-hydrogen) atoms. The van der Waals surface area contributed by atoms with E-state index < -0.39 is 6.43 Å². The molecule has 0 spiro atoms. The van der Waals surface area contributed by atoms with Crippen LogP contribution in [0, 0.1) is 11.8 Å². The highest BCUT2D eigenvalue weighted by atomic mass is 19.3. The Morgan fingerprint density at radius 1 is 1.06 bits per heavy atom. The Hall–Kier alpha value is -2.49. The average Bonchev–Trinajstić information content (AvgIpc) is 3.45. The van der Waals surface area contributed by atoms with Crippen LogP contribution in [0.5, 0.6) is 0 Å². The van der Waals surface area contributed by atoms with Crippen molar-refractivity contribution in [2.24, 2.45) is 11.8 Å². The molecule has 2 aliphatic rings. The second kappa shape index (κ2) is 10.0. The van der Waals surface area contributed by atoms with Crippen LogP contribution >= 0.6 is 0 Å². The van der Waals surface area contributed by atoms with E-state index in [9.17, 15) is 8.78 Å². The third-order valence-electron chi connectivity index (χ3n) is 7.90. The molecule has 1 aromatic carbocycles. The SMILES string of the molecule is C/C=C/c1c(-c2ccc(CCC(C)C3CC3)cn2)n(C2CCCC2)c2cc(CC(F)F)ccc12. The Morgan fingerprint density at radius 2 is 1.82 bits per heavy atom. The van der Waals surface area contributed by atoms with Crippen molar-refractivity contribution < 1.29 is 8.78 Å². The number of hydrogen-bond donors (Lipinski definition) is 0. The Kier molecular flexibility index (Phi) is 6.85. The lowest BCUT2D eigenvalue weighted by molar-refractivity contribution is 0.149. The van der Waals surface area contributed by atoms with Crippen molar-refractivity contribution >= 4 is 17.0 Å². The molecule has 0 aliphatic heterocycles. The number of halogens is 2. The third kappa shape index (κ3) is 4.82. The highest BCUT2D eigenvalue weighted by molar-refractivity contribution is 5.97. The van der Waals surface area contributed by atoms with E-state index in [1.807, 2.05) is 31.3 Å². The predicted octanol–water partition coefficient (Wildman–Crippen LogP) is 8.64. The molecule has 2 aromatic heterocycles. The maximum atomic E-state index is 13.2. The summed E-state index contributed by atoms with van der Waals surface area (Å²) in [5, 5.41) is 1.13. The van der Waals surface area contributed by atoms with Gasteiger partial charge in [-0.1, -0.05) is 50.1 Å². The van der Waals surface area contributed by atoms with Crippen molar-refractivity contribution in [3.63, 3.8) is 0 Å². The third-order valence-corrected chi connectivity index (χ3v) is 7.90. The zero-order chi connectivity index (χ0) is 23.7. The summed E-state index contributed by atoms with van der Waals surface area (Å²) in [4.78, 5) is 4.95. The minimum absolute atomic E-state index is 0.202. The second-order valence-electron chi connectivity index (χ2n) is 10.4. The molecule has 0 N–H and O–H groups in total. The van der Waals surface area contributed by atoms with Crippen LogP contribution in [0.1, 0.15) is 81.5 Å². The smallest absolute Gasteiger partial charge is 0.242 e. The van der Waals surface area contributed by atoms with Crippen LogP contribution in [0.25, 0.3) is 28.4 Å². The van der Waals surface area contributed by atoms with Gasteiger partial charge in [0.05, 0.1) is 11.4 Å². The summed E-state index contributed by atoms with van der Waals surface area (Å²) in [6, 6.07) is 10.7. The highest BCUT2D eigenvalue weighted by Crippen LogP contribution is 2.42. The van der Waals surface area contributed by atoms with E-state index in [1.54, 1.807) is 0 Å². The van der Waals surface area contributed by atoms with Gasteiger partial charge in [0.15, 0.2) is 0 Å². The van der Waals surface area contributed by atoms with Crippen LogP contribution in [-0.2, 0) is 12.8 Å². The van der Waals surface area contributed by atoms with Crippen molar-refractivity contribution in [2.75, 3.05) is 0 Å². The minimum atomic E-state index is -2.33. The van der Waals surface area contributed by atoms with Gasteiger partial charge in [-0.25, -0.2) is 8.78 Å². The van der Waals surface area contributed by atoms with Crippen molar-refractivity contribution in [1.82, 2.24) is 9.55 Å². The molecule has 0 saturated heterocycles. The van der Waals surface area contributed by atoms with Crippen LogP contribution in [0.4, 0.5) is 8.78 Å². The van der Waals surface area contributed by atoms with Crippen molar-refractivity contribution in [1.29, 1.82) is 0 Å². The first kappa shape index (κ1) is 23.3. The van der Waals surface area contributed by atoms with Gasteiger partial charge in [-0.15, -0.1) is 0 Å². The van der Waals surface area contributed by atoms with Gasteiger partial charge in [-0.3, -0.25) is 4.98 Å². The van der Waals surface area contributed by atoms with Gasteiger partial charge in [-0.2, -0.15) is 0 Å². The van der Waals surface area contributed by atoms with Gasteiger partial charge in [0, 0.05) is 35.1 Å². The van der Waals surface area contributed by atoms with E-state index in [0.717, 1.165) is 59.0 Å². The predicted molar refractivity (Wildman–Crippen MR) is 137 cm³/mol. The van der Waals surface area contributed by atoms with Gasteiger partial charge >= 0.3 is 0 Å². The van der Waals surface area contributed by atoms with E-state index >= 15 is 0 Å². The molecule has 2 heterocycles. The van der Waals surface area contributed by atoms with E-state index in [1.165, 1.54) is 37.7 Å². The number of nitrogens with zero attached hydrogens (tertiary/aromatic N) is 2. The molecular formula is C30H36F2N2. The number of hydrogen-bond acceptors (Lipinski definition) is 1. The van der Waals surface area contributed by atoms with Crippen LogP contribution in [0.3, 0.4) is 0 Å². The maximum absolute atomic E-state index is 13.2. The largest absolute Gasteiger partial charge is 0.336 e. The van der Waals surface area contributed by atoms with Gasteiger partial charge in [0.1, 0.15) is 0 Å². The Balaban J connectivity index is 1.56. The van der Waals surface area contributed by atoms with Crippen LogP contribution in [-0.4, -0.2) is 16.0 Å². The Morgan fingerprint density at radius 3 is 2.47 bits per heavy atom. The highest BCUT2D eigenvalue weighted by Gasteiger charge is 2.28. The Labute approximate surface area is 202 Å². The second-order valence-corrected chi connectivity index (χ2v) is 10.4. The van der Waals surface area contributed by atoms with E-state index in [-0.39, 0.29) is 6.42 Å². The van der Waals surface area contributed by atoms with Gasteiger partial charge < -0.3 is 4.57 Å². The van der Waals surface area contributed by atoms with Gasteiger partial charge in [0.2, 0.25) is 6.43 Å². The van der Waals surface area contributed by atoms with E-state index in [0.29, 0.717) is 11.6 Å². The molecule has 1 unspecified atom stereocenters. The number of benzene rings is 1. The topological polar surface area (TPSA) is 17.8 Å². The Bertz CT molecular complexity index is 1150. The standard InChI is InChI=1S/C30H36F2N2/c1-3-6-26-25-15-11-22(18-29(31)32)17-28(25)34(24-7-4-5-8-24)30(26)27-16-12-21(19-33-27)10-9-20(2)23-13-14-23/h3,6,11-12,15-17,19-20,23-24,29H,4-5,7-10,13-14,18H2,1-2H3/b6-3+. The number of alkyl halides is 2. The number of rotatable bonds is 9. The molecule has 180 valence electrons. The van der Waals surface area contributed by atoms with Crippen LogP contribution in [0.15, 0.2) is 42.6 Å². The van der Waals surface area contributed by atoms with Crippen molar-refractivity contribution in [2.45, 2.75) is 84.1 Å². The molecular weight excluding hydrogens is 426 g/mol. The molecule has 2 aliphatic carbocycles. The first-order valence-corrected chi connectivity index (χ1v) is 13.1. The van der Waals surface area contributed by atoms with E-state index in [2.05, 4.69) is 35.8 Å². The summed E-state index contributed by atoms with van der Waals surface area (Å²) in [7, 11) is 0. The van der Waals surface area contributed by atoms with Crippen LogP contribution in [0.2, 0.25) is 0 Å². The average molecular weight is 463 g/mol. The normalized spacial score (nSPS) is 18.0. The molecule has 1 atom stereocenters. The quantitative estimate of drug-likeness (QED) is 0.311. The zero-order valence-electron chi connectivity index (χ0n) is 20.4. The van der Waals surface area contributed by atoms with Gasteiger partial charge in [-0.05, 0) is 80.5 Å². The molecule has 0 amide bonds. The molecule has 2 saturated carbocycles. The number of pyridine rings is 1. The molecule has 2 fully saturated rings. The lowest BCUT2D eigenvalue weighted by atomic mass is 9.97. The lowest BCUT2D eigenvalue weighted by Gasteiger charge is -2.19. The first-order valence-electron chi connectivity index (χ1n) is 13.1. The summed E-state index contributed by atoms with van der Waals surface area (Å²) in [5.41, 5.74) is 6.32. The lowest BCUT2D eigenvalue weighted by Crippen LogP contribution is -2.08. The maximum Gasteiger partial charge on any atom is 0.242 e. The molecule has 0 radical (unpaired) electrons. The van der Waals surface area contributed by atoms with Crippen LogP contribution < -0.4 is 0 Å². The summed E-state index contributed by atoms with van der Waals surface area (Å²) < 4.78 is 28.7.